The topological polar surface area (TPSA) is 363 Å². The molecular weight excluding hydrogens is 967 g/mol. The number of carbonyl (C=O) groups is 8. The molecule has 3 aromatic rings. The number of nitrogens with one attached hydrogen (secondary N) is 6. The number of aromatic hydroxyl groups is 1. The summed E-state index contributed by atoms with van der Waals surface area (Å²) in [5, 5.41) is 34.0. The minimum Gasteiger partial charge on any atom is -0.508 e. The summed E-state index contributed by atoms with van der Waals surface area (Å²) in [7, 11) is 1.40. The largest absolute Gasteiger partial charge is 0.508 e. The van der Waals surface area contributed by atoms with Crippen molar-refractivity contribution < 1.29 is 48.6 Å². The Hall–Kier alpha value is -7.56. The normalized spacial score (nSPS) is 16.0. The van der Waals surface area contributed by atoms with E-state index in [1.165, 1.54) is 41.5 Å². The fourth-order valence-electron chi connectivity index (χ4n) is 8.72. The number of imidazole rings is 1. The van der Waals surface area contributed by atoms with Gasteiger partial charge in [-0.15, -0.1) is 0 Å². The molecule has 0 spiro atoms. The number of amides is 7. The third-order valence-corrected chi connectivity index (χ3v) is 13.3. The first-order chi connectivity index (χ1) is 35.7. The molecule has 0 radical (unpaired) electrons. The van der Waals surface area contributed by atoms with E-state index in [1.807, 2.05) is 6.92 Å². The molecule has 0 aliphatic carbocycles. The molecule has 0 bridgehead atoms. The predicted molar refractivity (Wildman–Crippen MR) is 280 cm³/mol. The number of nitrogens with two attached hydrogens (primary N) is 3. The number of phenols is 1. The first kappa shape index (κ1) is 60.0. The molecule has 1 aliphatic rings. The van der Waals surface area contributed by atoms with Gasteiger partial charge in [-0.05, 0) is 80.2 Å². The zero-order valence-electron chi connectivity index (χ0n) is 43.6. The second-order valence-electron chi connectivity index (χ2n) is 19.4. The number of carbonyl (C=O) groups excluding carboxylic acids is 7. The van der Waals surface area contributed by atoms with Crippen LogP contribution in [0.5, 0.6) is 5.75 Å². The van der Waals surface area contributed by atoms with Crippen LogP contribution in [0.3, 0.4) is 0 Å². The third-order valence-electron chi connectivity index (χ3n) is 13.3. The van der Waals surface area contributed by atoms with E-state index >= 15 is 0 Å². The number of phenolic OH excluding ortho intramolecular Hbond substituents is 1. The molecule has 23 nitrogen and oxygen atoms in total. The molecule has 1 fully saturated rings. The highest BCUT2D eigenvalue weighted by Gasteiger charge is 2.41. The van der Waals surface area contributed by atoms with Crippen molar-refractivity contribution in [3.8, 4) is 5.75 Å². The number of H-pyrrole nitrogens is 1. The summed E-state index contributed by atoms with van der Waals surface area (Å²) in [6, 6.07) is 6.39. The molecule has 0 saturated carbocycles. The average Bonchev–Trinajstić information content (AvgIpc) is 4.10. The van der Waals surface area contributed by atoms with Gasteiger partial charge in [-0.3, -0.25) is 38.6 Å². The number of hydrogen-bond donors (Lipinski definition) is 11. The summed E-state index contributed by atoms with van der Waals surface area (Å²) in [5.41, 5.74) is 18.3. The molecule has 0 unspecified atom stereocenters. The Morgan fingerprint density at radius 3 is 2.11 bits per heavy atom. The second kappa shape index (κ2) is 30.0. The molecule has 1 aliphatic heterocycles. The lowest BCUT2D eigenvalue weighted by Crippen LogP contribution is -2.62. The van der Waals surface area contributed by atoms with Gasteiger partial charge in [0.15, 0.2) is 5.96 Å². The van der Waals surface area contributed by atoms with Crippen LogP contribution in [0.25, 0.3) is 0 Å². The van der Waals surface area contributed by atoms with Gasteiger partial charge in [-0.25, -0.2) is 9.78 Å². The smallest absolute Gasteiger partial charge is 0.326 e. The van der Waals surface area contributed by atoms with Crippen molar-refractivity contribution in [2.24, 2.45) is 34.0 Å². The van der Waals surface area contributed by atoms with E-state index in [4.69, 9.17) is 17.2 Å². The number of nitrogens with zero attached hydrogens (tertiary/aromatic N) is 4. The van der Waals surface area contributed by atoms with E-state index in [0.29, 0.717) is 55.5 Å². The number of hydrogen-bond acceptors (Lipinski definition) is 12. The fourth-order valence-corrected chi connectivity index (χ4v) is 8.72. The quantitative estimate of drug-likeness (QED) is 0.0244. The maximum Gasteiger partial charge on any atom is 0.326 e. The molecule has 8 atom stereocenters. The second-order valence-corrected chi connectivity index (χ2v) is 19.4. The van der Waals surface area contributed by atoms with E-state index in [-0.39, 0.29) is 69.2 Å². The average molecular weight is 1040 g/mol. The number of rotatable bonds is 30. The standard InChI is InChI=1S/C52H77N13O10/c1-6-32(4)44(48(71)60-38(28-35-29-56-30-58-35)49(72)65-25-13-17-40(65)46(69)61-39(51(74)75)26-33-14-8-7-9-15-33)63-47(70)41(27-34-19-21-36(66)22-20-34)64(5)50(73)43(31(2)3)62-45(68)37(16-12-24-57-52(54)55)59-42(67)18-10-11-23-53/h7-9,14-15,19-22,29-32,37-41,43-44,66H,6,10-13,16-18,23-28,53H2,1-5H3,(H,56,58)(H,59,67)(H,60,71)(H,61,69)(H,62,68)(H,63,70)(H,74,75)(H4,54,55,57)/t32-,37-,38-,39-,40-,41-,43-,44-/m0/s1. The van der Waals surface area contributed by atoms with Crippen LogP contribution in [0.15, 0.2) is 72.1 Å². The van der Waals surface area contributed by atoms with Crippen molar-refractivity contribution in [1.29, 1.82) is 0 Å². The number of aromatic amines is 1. The number of aliphatic carboxylic acids is 1. The number of carboxylic acid groups (broad SMARTS) is 1. The summed E-state index contributed by atoms with van der Waals surface area (Å²) < 4.78 is 0. The molecule has 14 N–H and O–H groups in total. The van der Waals surface area contributed by atoms with Gasteiger partial charge in [-0.1, -0.05) is 76.6 Å². The maximum atomic E-state index is 14.8. The van der Waals surface area contributed by atoms with Crippen LogP contribution in [0, 0.1) is 11.8 Å². The van der Waals surface area contributed by atoms with Crippen LogP contribution in [0.1, 0.15) is 95.9 Å². The van der Waals surface area contributed by atoms with Crippen LogP contribution in [0.2, 0.25) is 0 Å². The highest BCUT2D eigenvalue weighted by molar-refractivity contribution is 5.98. The van der Waals surface area contributed by atoms with Crippen molar-refractivity contribution in [3.05, 3.63) is 83.9 Å². The number of guanidine groups is 1. The summed E-state index contributed by atoms with van der Waals surface area (Å²) >= 11 is 0. The summed E-state index contributed by atoms with van der Waals surface area (Å²) in [5.74, 6) is -6.90. The Morgan fingerprint density at radius 2 is 1.49 bits per heavy atom. The lowest BCUT2D eigenvalue weighted by Gasteiger charge is -2.35. The van der Waals surface area contributed by atoms with Crippen molar-refractivity contribution in [3.63, 3.8) is 0 Å². The van der Waals surface area contributed by atoms with Gasteiger partial charge >= 0.3 is 5.97 Å². The zero-order valence-corrected chi connectivity index (χ0v) is 43.6. The number of carboxylic acids is 1. The minimum atomic E-state index is -1.31. The first-order valence-electron chi connectivity index (χ1n) is 25.6. The Balaban J connectivity index is 1.61. The minimum absolute atomic E-state index is 0.0138. The fraction of sp³-hybridized carbons (Fsp3) is 0.538. The van der Waals surface area contributed by atoms with Crippen molar-refractivity contribution in [2.45, 2.75) is 141 Å². The molecule has 1 saturated heterocycles. The van der Waals surface area contributed by atoms with Crippen molar-refractivity contribution >= 4 is 53.3 Å². The van der Waals surface area contributed by atoms with Crippen molar-refractivity contribution in [1.82, 2.24) is 46.4 Å². The van der Waals surface area contributed by atoms with E-state index < -0.39 is 95.5 Å². The van der Waals surface area contributed by atoms with Gasteiger partial charge < -0.3 is 68.8 Å². The number of likely N-dealkylation sites (N-methyl/N-ethyl adjacent to an activating group) is 1. The number of aromatic nitrogens is 2. The molecule has 1 aromatic heterocycles. The van der Waals surface area contributed by atoms with Crippen LogP contribution in [-0.2, 0) is 57.6 Å². The Labute approximate surface area is 438 Å². The van der Waals surface area contributed by atoms with E-state index in [0.717, 1.165) is 0 Å². The summed E-state index contributed by atoms with van der Waals surface area (Å²) in [4.78, 5) is 125. The van der Waals surface area contributed by atoms with Gasteiger partial charge in [0.25, 0.3) is 0 Å². The number of unbranched alkanes of at least 4 members (excludes halogenated alkanes) is 1. The van der Waals surface area contributed by atoms with E-state index in [1.54, 1.807) is 63.2 Å². The lowest BCUT2D eigenvalue weighted by atomic mass is 9.95. The van der Waals surface area contributed by atoms with Gasteiger partial charge in [0, 0.05) is 57.7 Å². The monoisotopic (exact) mass is 1040 g/mol. The maximum absolute atomic E-state index is 14.8. The van der Waals surface area contributed by atoms with E-state index in [2.05, 4.69) is 41.5 Å². The Bertz CT molecular complexity index is 2380. The van der Waals surface area contributed by atoms with Crippen LogP contribution in [-0.4, -0.2) is 152 Å². The molecular formula is C52H77N13O10. The van der Waals surface area contributed by atoms with Gasteiger partial charge in [0.05, 0.1) is 6.33 Å². The number of likely N-dealkylation sites (tertiary alicyclic amines) is 1. The molecule has 4 rings (SSSR count). The Kier molecular flexibility index (Phi) is 24.0. The van der Waals surface area contributed by atoms with Gasteiger partial charge in [0.2, 0.25) is 41.4 Å². The summed E-state index contributed by atoms with van der Waals surface area (Å²) in [6.45, 7) is 7.70. The Morgan fingerprint density at radius 1 is 0.813 bits per heavy atom. The summed E-state index contributed by atoms with van der Waals surface area (Å²) in [6.07, 6.45) is 5.48. The molecule has 75 heavy (non-hydrogen) atoms. The van der Waals surface area contributed by atoms with Gasteiger partial charge in [0.1, 0.15) is 48.0 Å². The zero-order chi connectivity index (χ0) is 55.2. The van der Waals surface area contributed by atoms with Crippen molar-refractivity contribution in [2.75, 3.05) is 26.7 Å². The van der Waals surface area contributed by atoms with Crippen LogP contribution >= 0.6 is 0 Å². The van der Waals surface area contributed by atoms with Crippen LogP contribution < -0.4 is 43.8 Å². The molecule has 2 aromatic carbocycles. The highest BCUT2D eigenvalue weighted by atomic mass is 16.4. The van der Waals surface area contributed by atoms with Gasteiger partial charge in [-0.2, -0.15) is 0 Å². The molecule has 2 heterocycles. The molecule has 23 heteroatoms. The lowest BCUT2D eigenvalue weighted by molar-refractivity contribution is -0.145. The predicted octanol–water partition coefficient (Wildman–Crippen LogP) is 0.354. The third kappa shape index (κ3) is 18.7. The SMILES string of the molecule is CC[C@H](C)[C@H](NC(=O)[C@H](Cc1ccc(O)cc1)N(C)C(=O)[C@@H](NC(=O)[C@H](CCCN=C(N)N)NC(=O)CCCCN)C(C)C)C(=O)N[C@@H](Cc1cnc[nH]1)C(=O)N1CCC[C@H]1C(=O)N[C@@H](Cc1ccccc1)C(=O)O. The number of aliphatic imine (C=N–C) groups is 1. The molecule has 410 valence electrons. The number of benzene rings is 2. The highest BCUT2D eigenvalue weighted by Crippen LogP contribution is 2.22. The van der Waals surface area contributed by atoms with E-state index in [9.17, 15) is 48.6 Å². The first-order valence-corrected chi connectivity index (χ1v) is 25.6. The van der Waals surface area contributed by atoms with Crippen LogP contribution in [0.4, 0.5) is 0 Å². The molecule has 7 amide bonds.